The lowest BCUT2D eigenvalue weighted by Gasteiger charge is -2.25. The van der Waals surface area contributed by atoms with E-state index in [2.05, 4.69) is 61.0 Å². The molecule has 0 fully saturated rings. The standard InChI is InChI=1S/C23H26N2O2/c1-16-6-5-12-25-19(16)9-10-21(25)23(2,3)14-20(26)18-8-4-7-17-15-24-11-13-27-22(17)18/h4-10,12,24H,11,13-15H2,1-3H3. The third-order valence-corrected chi connectivity index (χ3v) is 5.44. The minimum Gasteiger partial charge on any atom is -0.491 e. The Kier molecular flexibility index (Phi) is 4.52. The molecule has 140 valence electrons. The molecule has 0 spiro atoms. The molecule has 3 aromatic rings. The van der Waals surface area contributed by atoms with Crippen LogP contribution in [-0.4, -0.2) is 23.3 Å². The van der Waals surface area contributed by atoms with Gasteiger partial charge in [-0.15, -0.1) is 0 Å². The zero-order valence-electron chi connectivity index (χ0n) is 16.2. The Bertz CT molecular complexity index is 1000. The fourth-order valence-corrected chi connectivity index (χ4v) is 3.99. The van der Waals surface area contributed by atoms with Crippen LogP contribution in [0, 0.1) is 6.92 Å². The Hall–Kier alpha value is -2.59. The van der Waals surface area contributed by atoms with Crippen LogP contribution >= 0.6 is 0 Å². The van der Waals surface area contributed by atoms with Crippen molar-refractivity contribution in [3.63, 3.8) is 0 Å². The number of benzene rings is 1. The monoisotopic (exact) mass is 362 g/mol. The van der Waals surface area contributed by atoms with E-state index in [-0.39, 0.29) is 11.2 Å². The molecule has 0 saturated heterocycles. The van der Waals surface area contributed by atoms with E-state index in [0.29, 0.717) is 18.6 Å². The predicted octanol–water partition coefficient (Wildman–Crippen LogP) is 4.28. The van der Waals surface area contributed by atoms with Gasteiger partial charge in [-0.2, -0.15) is 0 Å². The van der Waals surface area contributed by atoms with E-state index in [0.717, 1.165) is 30.1 Å². The predicted molar refractivity (Wildman–Crippen MR) is 108 cm³/mol. The number of Topliss-reactive ketones (excluding diaryl/α,β-unsaturated/α-hetero) is 1. The van der Waals surface area contributed by atoms with Crippen LogP contribution in [0.25, 0.3) is 5.52 Å². The van der Waals surface area contributed by atoms with Gasteiger partial charge in [-0.1, -0.05) is 32.0 Å². The van der Waals surface area contributed by atoms with Crippen molar-refractivity contribution in [1.82, 2.24) is 9.72 Å². The number of ether oxygens (including phenoxy) is 1. The summed E-state index contributed by atoms with van der Waals surface area (Å²) < 4.78 is 8.11. The average molecular weight is 362 g/mol. The van der Waals surface area contributed by atoms with E-state index >= 15 is 0 Å². The highest BCUT2D eigenvalue weighted by Gasteiger charge is 2.29. The van der Waals surface area contributed by atoms with Crippen molar-refractivity contribution in [2.24, 2.45) is 0 Å². The number of aromatic nitrogens is 1. The molecule has 27 heavy (non-hydrogen) atoms. The third-order valence-electron chi connectivity index (χ3n) is 5.44. The maximum atomic E-state index is 13.2. The molecule has 0 unspecified atom stereocenters. The summed E-state index contributed by atoms with van der Waals surface area (Å²) in [6.07, 6.45) is 2.51. The molecule has 0 bridgehead atoms. The Morgan fingerprint density at radius 1 is 1.19 bits per heavy atom. The van der Waals surface area contributed by atoms with Crippen molar-refractivity contribution < 1.29 is 9.53 Å². The lowest BCUT2D eigenvalue weighted by molar-refractivity contribution is 0.0953. The summed E-state index contributed by atoms with van der Waals surface area (Å²) in [4.78, 5) is 13.2. The number of hydrogen-bond acceptors (Lipinski definition) is 3. The van der Waals surface area contributed by atoms with Gasteiger partial charge in [0.1, 0.15) is 12.4 Å². The lowest BCUT2D eigenvalue weighted by atomic mass is 9.82. The molecule has 0 amide bonds. The van der Waals surface area contributed by atoms with Gasteiger partial charge >= 0.3 is 0 Å². The van der Waals surface area contributed by atoms with Gasteiger partial charge in [0.15, 0.2) is 5.78 Å². The number of hydrogen-bond donors (Lipinski definition) is 1. The van der Waals surface area contributed by atoms with Gasteiger partial charge in [0, 0.05) is 47.9 Å². The second-order valence-corrected chi connectivity index (χ2v) is 7.97. The molecule has 4 heteroatoms. The van der Waals surface area contributed by atoms with E-state index in [9.17, 15) is 4.79 Å². The Morgan fingerprint density at radius 2 is 2.04 bits per heavy atom. The zero-order valence-corrected chi connectivity index (χ0v) is 16.2. The molecule has 0 atom stereocenters. The molecule has 4 rings (SSSR count). The Morgan fingerprint density at radius 3 is 2.89 bits per heavy atom. The fourth-order valence-electron chi connectivity index (χ4n) is 3.99. The molecule has 1 aromatic carbocycles. The number of ketones is 1. The number of carbonyl (C=O) groups excluding carboxylic acids is 1. The van der Waals surface area contributed by atoms with Crippen molar-refractivity contribution in [2.45, 2.75) is 39.2 Å². The first-order chi connectivity index (χ1) is 13.0. The fraction of sp³-hybridized carbons (Fsp3) is 0.348. The topological polar surface area (TPSA) is 42.7 Å². The molecule has 4 nitrogen and oxygen atoms in total. The van der Waals surface area contributed by atoms with E-state index in [1.807, 2.05) is 18.2 Å². The Labute approximate surface area is 160 Å². The first kappa shape index (κ1) is 17.8. The van der Waals surface area contributed by atoms with E-state index < -0.39 is 0 Å². The summed E-state index contributed by atoms with van der Waals surface area (Å²) in [7, 11) is 0. The summed E-state index contributed by atoms with van der Waals surface area (Å²) in [6, 6.07) is 14.3. The van der Waals surface area contributed by atoms with Gasteiger partial charge < -0.3 is 14.5 Å². The van der Waals surface area contributed by atoms with Crippen LogP contribution in [0.1, 0.15) is 47.4 Å². The molecule has 1 aliphatic heterocycles. The summed E-state index contributed by atoms with van der Waals surface area (Å²) in [6.45, 7) is 8.51. The number of para-hydroxylation sites is 1. The first-order valence-electron chi connectivity index (χ1n) is 9.53. The van der Waals surface area contributed by atoms with E-state index in [1.54, 1.807) is 0 Å². The molecule has 0 radical (unpaired) electrons. The van der Waals surface area contributed by atoms with Gasteiger partial charge in [-0.05, 0) is 36.8 Å². The normalized spacial score (nSPS) is 14.5. The molecular formula is C23H26N2O2. The number of fused-ring (bicyclic) bond motifs is 2. The second kappa shape index (κ2) is 6.86. The van der Waals surface area contributed by atoms with Gasteiger partial charge in [-0.3, -0.25) is 4.79 Å². The van der Waals surface area contributed by atoms with E-state index in [4.69, 9.17) is 4.74 Å². The SMILES string of the molecule is Cc1cccn2c(C(C)(C)CC(=O)c3cccc4c3OCCNC4)ccc12. The van der Waals surface area contributed by atoms with Gasteiger partial charge in [0.05, 0.1) is 5.56 Å². The van der Waals surface area contributed by atoms with Crippen molar-refractivity contribution in [2.75, 3.05) is 13.2 Å². The maximum Gasteiger partial charge on any atom is 0.167 e. The minimum atomic E-state index is -0.289. The first-order valence-corrected chi connectivity index (χ1v) is 9.53. The van der Waals surface area contributed by atoms with E-state index in [1.165, 1.54) is 11.1 Å². The van der Waals surface area contributed by atoms with Crippen LogP contribution < -0.4 is 10.1 Å². The van der Waals surface area contributed by atoms with Crippen molar-refractivity contribution >= 4 is 11.3 Å². The minimum absolute atomic E-state index is 0.126. The van der Waals surface area contributed by atoms with Crippen LogP contribution in [0.15, 0.2) is 48.7 Å². The van der Waals surface area contributed by atoms with Crippen molar-refractivity contribution in [3.05, 3.63) is 71.0 Å². The maximum absolute atomic E-state index is 13.2. The number of carbonyl (C=O) groups is 1. The molecule has 0 saturated carbocycles. The number of aryl methyl sites for hydroxylation is 1. The van der Waals surface area contributed by atoms with Crippen molar-refractivity contribution in [1.29, 1.82) is 0 Å². The van der Waals surface area contributed by atoms with Crippen LogP contribution in [0.4, 0.5) is 0 Å². The third kappa shape index (κ3) is 3.26. The summed E-state index contributed by atoms with van der Waals surface area (Å²) in [5.41, 5.74) is 5.04. The molecule has 1 N–H and O–H groups in total. The highest BCUT2D eigenvalue weighted by atomic mass is 16.5. The largest absolute Gasteiger partial charge is 0.491 e. The summed E-state index contributed by atoms with van der Waals surface area (Å²) >= 11 is 0. The molecular weight excluding hydrogens is 336 g/mol. The lowest BCUT2D eigenvalue weighted by Crippen LogP contribution is -2.24. The van der Waals surface area contributed by atoms with Crippen LogP contribution in [0.3, 0.4) is 0 Å². The number of rotatable bonds is 4. The highest BCUT2D eigenvalue weighted by molar-refractivity contribution is 5.99. The Balaban J connectivity index is 1.67. The quantitative estimate of drug-likeness (QED) is 0.705. The zero-order chi connectivity index (χ0) is 19.0. The summed E-state index contributed by atoms with van der Waals surface area (Å²) in [5, 5.41) is 3.33. The molecule has 0 aliphatic carbocycles. The van der Waals surface area contributed by atoms with Crippen LogP contribution in [0.5, 0.6) is 5.75 Å². The van der Waals surface area contributed by atoms with Crippen LogP contribution in [0.2, 0.25) is 0 Å². The molecule has 1 aliphatic rings. The smallest absolute Gasteiger partial charge is 0.167 e. The molecule has 2 aromatic heterocycles. The molecule has 3 heterocycles. The van der Waals surface area contributed by atoms with Gasteiger partial charge in [0.2, 0.25) is 0 Å². The highest BCUT2D eigenvalue weighted by Crippen LogP contribution is 2.34. The second-order valence-electron chi connectivity index (χ2n) is 7.97. The van der Waals surface area contributed by atoms with Crippen LogP contribution in [-0.2, 0) is 12.0 Å². The number of nitrogens with zero attached hydrogens (tertiary/aromatic N) is 1. The van der Waals surface area contributed by atoms with Gasteiger partial charge in [0.25, 0.3) is 0 Å². The van der Waals surface area contributed by atoms with Gasteiger partial charge in [-0.25, -0.2) is 0 Å². The summed E-state index contributed by atoms with van der Waals surface area (Å²) in [5.74, 6) is 0.875. The average Bonchev–Trinajstić information content (AvgIpc) is 2.94. The number of pyridine rings is 1. The number of nitrogens with one attached hydrogen (secondary N) is 1. The van der Waals surface area contributed by atoms with Crippen molar-refractivity contribution in [3.8, 4) is 5.75 Å².